The Bertz CT molecular complexity index is 1850. The highest BCUT2D eigenvalue weighted by Gasteiger charge is 2.42. The van der Waals surface area contributed by atoms with Crippen molar-refractivity contribution in [2.75, 3.05) is 11.9 Å². The highest BCUT2D eigenvalue weighted by molar-refractivity contribution is 7.80. The zero-order valence-electron chi connectivity index (χ0n) is 24.1. The van der Waals surface area contributed by atoms with Crippen LogP contribution in [0.25, 0.3) is 16.5 Å². The molecule has 224 valence electrons. The van der Waals surface area contributed by atoms with Crippen LogP contribution in [0.2, 0.25) is 0 Å². The number of halogens is 3. The number of carbonyl (C=O) groups is 1. The Balaban J connectivity index is 1.34. The third kappa shape index (κ3) is 5.53. The van der Waals surface area contributed by atoms with Crippen LogP contribution in [-0.2, 0) is 11.0 Å². The molecule has 0 bridgehead atoms. The van der Waals surface area contributed by atoms with Gasteiger partial charge in [0.05, 0.1) is 29.0 Å². The van der Waals surface area contributed by atoms with E-state index in [1.807, 2.05) is 78.6 Å². The molecule has 1 fully saturated rings. The highest BCUT2D eigenvalue weighted by Crippen LogP contribution is 2.43. The molecule has 5 aromatic rings. The van der Waals surface area contributed by atoms with Crippen LogP contribution in [0.3, 0.4) is 0 Å². The van der Waals surface area contributed by atoms with Crippen LogP contribution in [0.15, 0.2) is 97.2 Å². The van der Waals surface area contributed by atoms with E-state index < -0.39 is 17.8 Å². The van der Waals surface area contributed by atoms with Crippen LogP contribution < -0.4 is 10.6 Å². The van der Waals surface area contributed by atoms with Gasteiger partial charge in [-0.3, -0.25) is 9.78 Å². The van der Waals surface area contributed by atoms with Gasteiger partial charge in [-0.25, -0.2) is 0 Å². The number of hydrogen-bond acceptors (Lipinski definition) is 3. The second-order valence-corrected chi connectivity index (χ2v) is 11.2. The fourth-order valence-electron chi connectivity index (χ4n) is 6.12. The summed E-state index contributed by atoms with van der Waals surface area (Å²) in [5.41, 5.74) is 2.93. The van der Waals surface area contributed by atoms with Crippen LogP contribution in [0.4, 0.5) is 18.9 Å². The number of anilines is 1. The number of thiocarbonyl (C=S) groups is 1. The van der Waals surface area contributed by atoms with Gasteiger partial charge in [0.15, 0.2) is 5.11 Å². The van der Waals surface area contributed by atoms with Crippen LogP contribution in [-0.4, -0.2) is 32.0 Å². The number of aromatic nitrogens is 2. The highest BCUT2D eigenvalue weighted by atomic mass is 32.1. The monoisotopic (exact) mass is 613 g/mol. The van der Waals surface area contributed by atoms with E-state index in [9.17, 15) is 18.0 Å². The second-order valence-electron chi connectivity index (χ2n) is 10.8. The van der Waals surface area contributed by atoms with Crippen molar-refractivity contribution in [1.82, 2.24) is 19.8 Å². The Labute approximate surface area is 258 Å². The smallest absolute Gasteiger partial charge is 0.352 e. The van der Waals surface area contributed by atoms with Crippen molar-refractivity contribution in [3.05, 3.63) is 125 Å². The third-order valence-corrected chi connectivity index (χ3v) is 8.43. The summed E-state index contributed by atoms with van der Waals surface area (Å²) in [5.74, 6) is -0.172. The number of para-hydroxylation sites is 1. The van der Waals surface area contributed by atoms with Crippen LogP contribution >= 0.6 is 12.2 Å². The summed E-state index contributed by atoms with van der Waals surface area (Å²) in [4.78, 5) is 19.7. The lowest BCUT2D eigenvalue weighted by Gasteiger charge is -2.28. The minimum absolute atomic E-state index is 0.0604. The number of hydrogen-bond donors (Lipinski definition) is 2. The zero-order chi connectivity index (χ0) is 31.0. The number of rotatable bonds is 7. The van der Waals surface area contributed by atoms with E-state index in [2.05, 4.69) is 15.6 Å². The number of benzene rings is 3. The Morgan fingerprint density at radius 2 is 1.70 bits per heavy atom. The van der Waals surface area contributed by atoms with E-state index in [-0.39, 0.29) is 24.1 Å². The van der Waals surface area contributed by atoms with Gasteiger partial charge in [-0.05, 0) is 73.4 Å². The van der Waals surface area contributed by atoms with Crippen molar-refractivity contribution in [1.29, 1.82) is 0 Å². The summed E-state index contributed by atoms with van der Waals surface area (Å²) in [5, 5.41) is 8.83. The molecule has 0 aliphatic carbocycles. The number of amides is 1. The molecule has 0 radical (unpaired) electrons. The van der Waals surface area contributed by atoms with Gasteiger partial charge in [-0.15, -0.1) is 0 Å². The van der Waals surface area contributed by atoms with E-state index in [1.165, 1.54) is 12.1 Å². The maximum Gasteiger partial charge on any atom is 0.418 e. The third-order valence-electron chi connectivity index (χ3n) is 8.08. The normalized spacial score (nSPS) is 16.8. The Kier molecular flexibility index (Phi) is 7.85. The fraction of sp³-hybridized carbons (Fsp3) is 0.206. The summed E-state index contributed by atoms with van der Waals surface area (Å²) in [6.45, 7) is 3.90. The van der Waals surface area contributed by atoms with E-state index in [4.69, 9.17) is 12.2 Å². The van der Waals surface area contributed by atoms with Gasteiger partial charge in [0.1, 0.15) is 0 Å². The average molecular weight is 614 g/mol. The molecule has 1 aliphatic rings. The first-order valence-corrected chi connectivity index (χ1v) is 14.7. The second kappa shape index (κ2) is 11.8. The minimum Gasteiger partial charge on any atom is -0.352 e. The summed E-state index contributed by atoms with van der Waals surface area (Å²) >= 11 is 5.79. The molecule has 2 aromatic heterocycles. The fourth-order valence-corrected chi connectivity index (χ4v) is 6.45. The molecule has 1 saturated heterocycles. The number of nitrogens with zero attached hydrogens (tertiary/aromatic N) is 3. The lowest BCUT2D eigenvalue weighted by molar-refractivity contribution is -0.137. The molecule has 2 unspecified atom stereocenters. The zero-order valence-corrected chi connectivity index (χ0v) is 24.9. The first-order chi connectivity index (χ1) is 21.1. The Hall–Kier alpha value is -4.70. The van der Waals surface area contributed by atoms with Crippen molar-refractivity contribution >= 4 is 39.7 Å². The molecule has 6 nitrogen and oxygen atoms in total. The molecule has 1 aliphatic heterocycles. The lowest BCUT2D eigenvalue weighted by atomic mass is 9.96. The molecule has 0 spiro atoms. The average Bonchev–Trinajstić information content (AvgIpc) is 3.50. The Morgan fingerprint density at radius 3 is 2.48 bits per heavy atom. The first kappa shape index (κ1) is 29.4. The Morgan fingerprint density at radius 1 is 0.977 bits per heavy atom. The summed E-state index contributed by atoms with van der Waals surface area (Å²) < 4.78 is 43.7. The number of fused-ring (bicyclic) bond motifs is 1. The molecule has 6 rings (SSSR count). The molecule has 3 heterocycles. The maximum atomic E-state index is 14.0. The van der Waals surface area contributed by atoms with E-state index in [1.54, 1.807) is 23.8 Å². The van der Waals surface area contributed by atoms with Crippen molar-refractivity contribution in [3.8, 4) is 5.69 Å². The molecule has 0 saturated carbocycles. The lowest BCUT2D eigenvalue weighted by Crippen LogP contribution is -2.33. The molecule has 1 amide bonds. The van der Waals surface area contributed by atoms with Crippen LogP contribution in [0.5, 0.6) is 0 Å². The standard InChI is InChI=1S/C34H30F3N5OS/c1-21-20-25(22(2)42(21)29-16-6-5-13-26(29)34(35,36)37)32-31(28-14-7-8-18-38-28)40-33(44)41(32)19-17-30(43)39-27-15-9-11-23-10-3-4-12-24(23)27/h3-16,18,20,31-32H,17,19H2,1-2H3,(H,39,43)(H,40,44). The van der Waals surface area contributed by atoms with Gasteiger partial charge in [0.2, 0.25) is 5.91 Å². The summed E-state index contributed by atoms with van der Waals surface area (Å²) in [6.07, 6.45) is -2.68. The number of nitrogens with one attached hydrogen (secondary N) is 2. The minimum atomic E-state index is -4.52. The van der Waals surface area contributed by atoms with E-state index in [0.717, 1.165) is 33.8 Å². The predicted octanol–water partition coefficient (Wildman–Crippen LogP) is 7.66. The van der Waals surface area contributed by atoms with Gasteiger partial charge in [-0.2, -0.15) is 13.2 Å². The quantitative estimate of drug-likeness (QED) is 0.185. The first-order valence-electron chi connectivity index (χ1n) is 14.2. The molecular formula is C34H30F3N5OS. The van der Waals surface area contributed by atoms with Gasteiger partial charge in [0.25, 0.3) is 0 Å². The van der Waals surface area contributed by atoms with Gasteiger partial charge >= 0.3 is 6.18 Å². The molecule has 2 atom stereocenters. The van der Waals surface area contributed by atoms with E-state index in [0.29, 0.717) is 23.0 Å². The maximum absolute atomic E-state index is 14.0. The van der Waals surface area contributed by atoms with Crippen LogP contribution in [0, 0.1) is 13.8 Å². The summed E-state index contributed by atoms with van der Waals surface area (Å²) in [7, 11) is 0. The SMILES string of the molecule is Cc1cc(C2C(c3ccccn3)NC(=S)N2CCC(=O)Nc2cccc3ccccc23)c(C)n1-c1ccccc1C(F)(F)F. The number of pyridine rings is 1. The summed E-state index contributed by atoms with van der Waals surface area (Å²) in [6, 6.07) is 25.9. The number of carbonyl (C=O) groups excluding carboxylic acids is 1. The molecule has 10 heteroatoms. The van der Waals surface area contributed by atoms with Gasteiger partial charge in [-0.1, -0.05) is 54.6 Å². The van der Waals surface area contributed by atoms with Crippen molar-refractivity contribution in [2.45, 2.75) is 38.5 Å². The largest absolute Gasteiger partial charge is 0.418 e. The number of aryl methyl sites for hydroxylation is 1. The van der Waals surface area contributed by atoms with Gasteiger partial charge < -0.3 is 20.1 Å². The number of alkyl halides is 3. The topological polar surface area (TPSA) is 62.2 Å². The van der Waals surface area contributed by atoms with Crippen molar-refractivity contribution < 1.29 is 18.0 Å². The van der Waals surface area contributed by atoms with Crippen molar-refractivity contribution in [2.24, 2.45) is 0 Å². The van der Waals surface area contributed by atoms with Gasteiger partial charge in [0, 0.05) is 41.6 Å². The van der Waals surface area contributed by atoms with Crippen LogP contribution in [0.1, 0.15) is 46.7 Å². The molecule has 44 heavy (non-hydrogen) atoms. The van der Waals surface area contributed by atoms with Crippen molar-refractivity contribution in [3.63, 3.8) is 0 Å². The molecule has 2 N–H and O–H groups in total. The molecular weight excluding hydrogens is 583 g/mol. The molecule has 3 aromatic carbocycles. The van der Waals surface area contributed by atoms with E-state index >= 15 is 0 Å². The predicted molar refractivity (Wildman–Crippen MR) is 170 cm³/mol.